The second kappa shape index (κ2) is 12.8. The van der Waals surface area contributed by atoms with E-state index in [4.69, 9.17) is 18.9 Å². The van der Waals surface area contributed by atoms with Gasteiger partial charge in [-0.3, -0.25) is 9.59 Å². The summed E-state index contributed by atoms with van der Waals surface area (Å²) in [5.74, 6) is 1.36. The smallest absolute Gasteiger partial charge is 0.258 e. The normalized spacial score (nSPS) is 14.5. The van der Waals surface area contributed by atoms with Gasteiger partial charge in [0.25, 0.3) is 5.91 Å². The van der Waals surface area contributed by atoms with Crippen LogP contribution in [0.1, 0.15) is 38.8 Å². The summed E-state index contributed by atoms with van der Waals surface area (Å²) in [4.78, 5) is 32.3. The van der Waals surface area contributed by atoms with Crippen molar-refractivity contribution in [3.05, 3.63) is 75.5 Å². The molecule has 4 rings (SSSR count). The first-order valence-corrected chi connectivity index (χ1v) is 13.4. The Hall–Kier alpha value is -3.56. The van der Waals surface area contributed by atoms with E-state index < -0.39 is 0 Å². The molecule has 1 unspecified atom stereocenters. The number of ether oxygens (including phenoxy) is 4. The highest BCUT2D eigenvalue weighted by Crippen LogP contribution is 2.38. The number of methoxy groups -OCH3 is 4. The highest BCUT2D eigenvalue weighted by Gasteiger charge is 2.34. The first kappa shape index (κ1) is 27.5. The van der Waals surface area contributed by atoms with E-state index in [1.807, 2.05) is 29.2 Å². The van der Waals surface area contributed by atoms with Crippen LogP contribution in [0.4, 0.5) is 0 Å². The first-order chi connectivity index (χ1) is 18.5. The van der Waals surface area contributed by atoms with E-state index in [-0.39, 0.29) is 24.4 Å². The fourth-order valence-electron chi connectivity index (χ4n) is 4.78. The predicted octanol–water partition coefficient (Wildman–Crippen LogP) is 4.43. The van der Waals surface area contributed by atoms with E-state index in [2.05, 4.69) is 11.4 Å². The number of carbonyl (C=O) groups is 2. The van der Waals surface area contributed by atoms with E-state index in [9.17, 15) is 9.59 Å². The third-order valence-electron chi connectivity index (χ3n) is 6.75. The van der Waals surface area contributed by atoms with Crippen LogP contribution in [0, 0.1) is 0 Å². The van der Waals surface area contributed by atoms with Gasteiger partial charge in [-0.05, 0) is 59.7 Å². The van der Waals surface area contributed by atoms with Crippen LogP contribution in [-0.2, 0) is 16.0 Å². The van der Waals surface area contributed by atoms with Gasteiger partial charge in [-0.1, -0.05) is 12.1 Å². The third kappa shape index (κ3) is 5.95. The number of thiophene rings is 1. The lowest BCUT2D eigenvalue weighted by molar-refractivity contribution is -0.134. The zero-order chi connectivity index (χ0) is 27.1. The molecule has 9 heteroatoms. The third-order valence-corrected chi connectivity index (χ3v) is 7.74. The van der Waals surface area contributed by atoms with Gasteiger partial charge in [-0.2, -0.15) is 0 Å². The van der Waals surface area contributed by atoms with E-state index in [1.165, 1.54) is 12.0 Å². The molecule has 2 heterocycles. The summed E-state index contributed by atoms with van der Waals surface area (Å²) in [6.07, 6.45) is 1.39. The molecule has 0 fully saturated rings. The number of carbonyl (C=O) groups excluding carboxylic acids is 2. The molecule has 38 heavy (non-hydrogen) atoms. The summed E-state index contributed by atoms with van der Waals surface area (Å²) in [6.45, 7) is 1.38. The topological polar surface area (TPSA) is 77.5 Å². The molecule has 0 bridgehead atoms. The Morgan fingerprint density at radius 3 is 2.39 bits per heavy atom. The van der Waals surface area contributed by atoms with Crippen LogP contribution in [0.3, 0.4) is 0 Å². The Kier molecular flexibility index (Phi) is 9.25. The molecule has 1 aromatic heterocycles. The lowest BCUT2D eigenvalue weighted by Crippen LogP contribution is -2.47. The molecule has 0 N–H and O–H groups in total. The van der Waals surface area contributed by atoms with Crippen molar-refractivity contribution in [1.29, 1.82) is 0 Å². The van der Waals surface area contributed by atoms with Gasteiger partial charge in [0.15, 0.2) is 0 Å². The van der Waals surface area contributed by atoms with Crippen LogP contribution >= 0.6 is 11.3 Å². The van der Waals surface area contributed by atoms with Crippen LogP contribution < -0.4 is 14.2 Å². The van der Waals surface area contributed by atoms with Crippen LogP contribution in [0.2, 0.25) is 0 Å². The first-order valence-electron chi connectivity index (χ1n) is 12.5. The minimum absolute atomic E-state index is 0.0517. The largest absolute Gasteiger partial charge is 0.497 e. The standard InChI is InChI=1S/C29H34N2O6S/c1-34-16-5-14-30(29(33)23-11-10-22(36-3)18-25(23)37-4)19-27(32)31-15-12-26-24(13-17-38-26)28(31)20-6-8-21(35-2)9-7-20/h6-11,13,17-18,28H,5,12,14-16,19H2,1-4H3. The van der Waals surface area contributed by atoms with Crippen LogP contribution in [0.15, 0.2) is 53.9 Å². The predicted molar refractivity (Wildman–Crippen MR) is 147 cm³/mol. The van der Waals surface area contributed by atoms with Crippen molar-refractivity contribution in [2.45, 2.75) is 18.9 Å². The fraction of sp³-hybridized carbons (Fsp3) is 0.379. The maximum atomic E-state index is 13.9. The number of hydrogen-bond donors (Lipinski definition) is 0. The average molecular weight is 539 g/mol. The molecule has 202 valence electrons. The van der Waals surface area contributed by atoms with Crippen LogP contribution in [0.5, 0.6) is 17.2 Å². The van der Waals surface area contributed by atoms with Crippen molar-refractivity contribution in [2.75, 3.05) is 54.7 Å². The van der Waals surface area contributed by atoms with Gasteiger partial charge in [0.1, 0.15) is 23.8 Å². The summed E-state index contributed by atoms with van der Waals surface area (Å²) in [5, 5.41) is 2.08. The lowest BCUT2D eigenvalue weighted by atomic mass is 9.93. The summed E-state index contributed by atoms with van der Waals surface area (Å²) >= 11 is 1.72. The van der Waals surface area contributed by atoms with Crippen molar-refractivity contribution in [3.63, 3.8) is 0 Å². The number of benzene rings is 2. The van der Waals surface area contributed by atoms with Crippen molar-refractivity contribution >= 4 is 23.2 Å². The molecule has 0 saturated heterocycles. The van der Waals surface area contributed by atoms with Gasteiger partial charge in [-0.15, -0.1) is 11.3 Å². The van der Waals surface area contributed by atoms with E-state index >= 15 is 0 Å². The van der Waals surface area contributed by atoms with Crippen LogP contribution in [-0.4, -0.2) is 76.3 Å². The highest BCUT2D eigenvalue weighted by atomic mass is 32.1. The molecule has 1 atom stereocenters. The molecular formula is C29H34N2O6S. The average Bonchev–Trinajstić information content (AvgIpc) is 3.44. The van der Waals surface area contributed by atoms with Crippen molar-refractivity contribution in [1.82, 2.24) is 9.80 Å². The molecule has 0 radical (unpaired) electrons. The lowest BCUT2D eigenvalue weighted by Gasteiger charge is -2.37. The SMILES string of the molecule is COCCCN(CC(=O)N1CCc2sccc2C1c1ccc(OC)cc1)C(=O)c1ccc(OC)cc1OC. The molecular weight excluding hydrogens is 504 g/mol. The number of rotatable bonds is 11. The minimum atomic E-state index is -0.275. The summed E-state index contributed by atoms with van der Waals surface area (Å²) in [6, 6.07) is 14.8. The monoisotopic (exact) mass is 538 g/mol. The van der Waals surface area contributed by atoms with Gasteiger partial charge < -0.3 is 28.7 Å². The van der Waals surface area contributed by atoms with Gasteiger partial charge in [-0.25, -0.2) is 0 Å². The number of fused-ring (bicyclic) bond motifs is 1. The van der Waals surface area contributed by atoms with Gasteiger partial charge in [0.05, 0.1) is 32.9 Å². The zero-order valence-corrected chi connectivity index (χ0v) is 23.1. The van der Waals surface area contributed by atoms with E-state index in [1.54, 1.807) is 55.8 Å². The number of hydrogen-bond acceptors (Lipinski definition) is 7. The highest BCUT2D eigenvalue weighted by molar-refractivity contribution is 7.10. The minimum Gasteiger partial charge on any atom is -0.497 e. The molecule has 2 amide bonds. The second-order valence-corrected chi connectivity index (χ2v) is 9.95. The molecule has 2 aromatic carbocycles. The Labute approximate surface area is 227 Å². The van der Waals surface area contributed by atoms with E-state index in [0.717, 1.165) is 23.3 Å². The Morgan fingerprint density at radius 2 is 1.71 bits per heavy atom. The van der Waals surface area contributed by atoms with Crippen molar-refractivity contribution < 1.29 is 28.5 Å². The van der Waals surface area contributed by atoms with Gasteiger partial charge in [0.2, 0.25) is 5.91 Å². The van der Waals surface area contributed by atoms with Gasteiger partial charge >= 0.3 is 0 Å². The van der Waals surface area contributed by atoms with Gasteiger partial charge in [0, 0.05) is 37.7 Å². The van der Waals surface area contributed by atoms with Crippen molar-refractivity contribution in [2.24, 2.45) is 0 Å². The number of nitrogens with zero attached hydrogens (tertiary/aromatic N) is 2. The van der Waals surface area contributed by atoms with E-state index in [0.29, 0.717) is 43.2 Å². The molecule has 0 spiro atoms. The van der Waals surface area contributed by atoms with Crippen LogP contribution in [0.25, 0.3) is 0 Å². The fourth-order valence-corrected chi connectivity index (χ4v) is 5.69. The second-order valence-electron chi connectivity index (χ2n) is 8.95. The summed E-state index contributed by atoms with van der Waals surface area (Å²) in [7, 11) is 6.32. The molecule has 0 aliphatic carbocycles. The maximum Gasteiger partial charge on any atom is 0.258 e. The molecule has 0 saturated carbocycles. The Bertz CT molecular complexity index is 1240. The maximum absolute atomic E-state index is 13.9. The molecule has 1 aliphatic rings. The number of amides is 2. The Morgan fingerprint density at radius 1 is 0.974 bits per heavy atom. The summed E-state index contributed by atoms with van der Waals surface area (Å²) in [5.41, 5.74) is 2.52. The quantitative estimate of drug-likeness (QED) is 0.336. The molecule has 8 nitrogen and oxygen atoms in total. The zero-order valence-electron chi connectivity index (χ0n) is 22.3. The molecule has 1 aliphatic heterocycles. The molecule has 3 aromatic rings. The summed E-state index contributed by atoms with van der Waals surface area (Å²) < 4.78 is 21.3. The van der Waals surface area contributed by atoms with Crippen molar-refractivity contribution in [3.8, 4) is 17.2 Å². The Balaban J connectivity index is 1.62.